The largest absolute Gasteiger partial charge is 0.300 e. The highest BCUT2D eigenvalue weighted by Crippen LogP contribution is 2.34. The average Bonchev–Trinajstić information content (AvgIpc) is 2.81. The molecule has 0 aliphatic carbocycles. The van der Waals surface area contributed by atoms with Gasteiger partial charge in [-0.25, -0.2) is 0 Å². The van der Waals surface area contributed by atoms with Crippen LogP contribution in [0.2, 0.25) is 0 Å². The smallest absolute Gasteiger partial charge is 0.136 e. The van der Waals surface area contributed by atoms with Crippen LogP contribution >= 0.6 is 0 Å². The van der Waals surface area contributed by atoms with Crippen molar-refractivity contribution in [2.75, 3.05) is 0 Å². The number of nitrogens with zero attached hydrogens (tertiary/aromatic N) is 1. The zero-order valence-corrected chi connectivity index (χ0v) is 9.02. The van der Waals surface area contributed by atoms with Gasteiger partial charge in [0.1, 0.15) is 5.78 Å². The van der Waals surface area contributed by atoms with E-state index in [2.05, 4.69) is 0 Å². The van der Waals surface area contributed by atoms with Gasteiger partial charge in [0.25, 0.3) is 0 Å². The molecule has 0 saturated carbocycles. The van der Waals surface area contributed by atoms with Crippen LogP contribution in [0.5, 0.6) is 0 Å². The van der Waals surface area contributed by atoms with E-state index in [0.717, 1.165) is 5.56 Å². The molecular formula is C14H17NO. The molecule has 2 aliphatic heterocycles. The molecule has 16 heavy (non-hydrogen) atoms. The Morgan fingerprint density at radius 3 is 2.44 bits per heavy atom. The Morgan fingerprint density at radius 2 is 1.81 bits per heavy atom. The van der Waals surface area contributed by atoms with Crippen LogP contribution in [0, 0.1) is 0 Å². The molecule has 3 rings (SSSR count). The van der Waals surface area contributed by atoms with Crippen molar-refractivity contribution in [1.82, 2.24) is 4.90 Å². The molecule has 2 aliphatic rings. The van der Waals surface area contributed by atoms with Crippen LogP contribution in [0.4, 0.5) is 0 Å². The van der Waals surface area contributed by atoms with Crippen LogP contribution in [-0.2, 0) is 11.3 Å². The summed E-state index contributed by atoms with van der Waals surface area (Å²) in [5.41, 5.74) is 1.02. The van der Waals surface area contributed by atoms with Gasteiger partial charge in [0, 0.05) is 36.9 Å². The second-order valence-corrected chi connectivity index (χ2v) is 4.38. The van der Waals surface area contributed by atoms with E-state index in [0.29, 0.717) is 19.4 Å². The molecule has 2 atom stereocenters. The van der Waals surface area contributed by atoms with Crippen molar-refractivity contribution in [2.45, 2.75) is 44.2 Å². The average molecular weight is 219 g/mol. The van der Waals surface area contributed by atoms with Crippen LogP contribution in [0.15, 0.2) is 30.3 Å². The maximum Gasteiger partial charge on any atom is 0.136 e. The summed E-state index contributed by atoms with van der Waals surface area (Å²) in [5, 5.41) is 0. The summed E-state index contributed by atoms with van der Waals surface area (Å²) in [4.78, 5) is 13.9. The Kier molecular flexibility index (Phi) is 1.65. The first-order chi connectivity index (χ1) is 9.35. The van der Waals surface area contributed by atoms with E-state index in [-0.39, 0.29) is 0 Å². The minimum atomic E-state index is -2.11. The summed E-state index contributed by atoms with van der Waals surface area (Å²) >= 11 is 0. The van der Waals surface area contributed by atoms with Gasteiger partial charge in [-0.2, -0.15) is 0 Å². The standard InChI is InChI=1S/C14H17NO/c16-14-8-12-6-7-13(9-14)15(12)10-11-4-2-1-3-5-11/h1-5,12-13H,6-10H2/t12-,13+/i8D2,9D2. The quantitative estimate of drug-likeness (QED) is 0.761. The van der Waals surface area contributed by atoms with Gasteiger partial charge >= 0.3 is 0 Å². The van der Waals surface area contributed by atoms with Crippen molar-refractivity contribution < 1.29 is 10.3 Å². The van der Waals surface area contributed by atoms with Gasteiger partial charge < -0.3 is 0 Å². The predicted octanol–water partition coefficient (Wildman–Crippen LogP) is 2.38. The van der Waals surface area contributed by atoms with Crippen molar-refractivity contribution >= 4 is 5.78 Å². The van der Waals surface area contributed by atoms with E-state index < -0.39 is 30.6 Å². The molecule has 2 heteroatoms. The highest BCUT2D eigenvalue weighted by atomic mass is 16.1. The molecule has 0 amide bonds. The molecule has 0 N–H and O–H groups in total. The minimum Gasteiger partial charge on any atom is -0.300 e. The molecule has 0 aromatic heterocycles. The maximum absolute atomic E-state index is 12.1. The number of Topliss-reactive ketones (excluding diaryl/α,β-unsaturated/α-hetero) is 1. The molecule has 0 spiro atoms. The highest BCUT2D eigenvalue weighted by Gasteiger charge is 2.39. The van der Waals surface area contributed by atoms with Gasteiger partial charge in [0.15, 0.2) is 0 Å². The summed E-state index contributed by atoms with van der Waals surface area (Å²) in [6.07, 6.45) is -3.14. The number of hydrogen-bond donors (Lipinski definition) is 0. The number of hydrogen-bond acceptors (Lipinski definition) is 2. The van der Waals surface area contributed by atoms with Gasteiger partial charge in [-0.15, -0.1) is 0 Å². The fraction of sp³-hybridized carbons (Fsp3) is 0.500. The van der Waals surface area contributed by atoms with Crippen molar-refractivity contribution in [3.63, 3.8) is 0 Å². The Labute approximate surface area is 102 Å². The molecule has 0 radical (unpaired) electrons. The summed E-state index contributed by atoms with van der Waals surface area (Å²) in [7, 11) is 0. The molecule has 2 fully saturated rings. The Hall–Kier alpha value is -1.15. The second-order valence-electron chi connectivity index (χ2n) is 4.38. The molecule has 1 aromatic rings. The SMILES string of the molecule is [2H]C1([2H])C(=O)C([2H])([2H])[C@H]2CC[C@@H]1N2Cc1ccccc1. The molecule has 0 unspecified atom stereocenters. The Bertz CT molecular complexity index is 505. The fourth-order valence-corrected chi connectivity index (χ4v) is 2.53. The molecular weight excluding hydrogens is 198 g/mol. The highest BCUT2D eigenvalue weighted by molar-refractivity contribution is 5.80. The van der Waals surface area contributed by atoms with Crippen molar-refractivity contribution in [3.05, 3.63) is 35.9 Å². The topological polar surface area (TPSA) is 20.3 Å². The minimum absolute atomic E-state index is 0.489. The number of ketones is 1. The van der Waals surface area contributed by atoms with Gasteiger partial charge in [-0.1, -0.05) is 30.3 Å². The first-order valence-corrected chi connectivity index (χ1v) is 5.69. The number of carbonyl (C=O) groups is 1. The third kappa shape index (κ3) is 1.78. The maximum atomic E-state index is 12.1. The molecule has 84 valence electrons. The number of carbonyl (C=O) groups excluding carboxylic acids is 1. The predicted molar refractivity (Wildman–Crippen MR) is 63.0 cm³/mol. The Morgan fingerprint density at radius 1 is 1.19 bits per heavy atom. The van der Waals surface area contributed by atoms with E-state index in [1.165, 1.54) is 0 Å². The number of benzene rings is 1. The fourth-order valence-electron chi connectivity index (χ4n) is 2.53. The zero-order valence-electron chi connectivity index (χ0n) is 13.0. The third-order valence-electron chi connectivity index (χ3n) is 3.32. The van der Waals surface area contributed by atoms with E-state index in [1.54, 1.807) is 0 Å². The molecule has 2 nitrogen and oxygen atoms in total. The molecule has 1 aromatic carbocycles. The van der Waals surface area contributed by atoms with Gasteiger partial charge in [-0.05, 0) is 18.4 Å². The van der Waals surface area contributed by atoms with E-state index in [9.17, 15) is 4.79 Å². The summed E-state index contributed by atoms with van der Waals surface area (Å²) < 4.78 is 32.0. The van der Waals surface area contributed by atoms with Gasteiger partial charge in [0.05, 0.1) is 0 Å². The monoisotopic (exact) mass is 219 g/mol. The van der Waals surface area contributed by atoms with Crippen molar-refractivity contribution in [2.24, 2.45) is 0 Å². The van der Waals surface area contributed by atoms with Crippen molar-refractivity contribution in [1.29, 1.82) is 0 Å². The summed E-state index contributed by atoms with van der Waals surface area (Å²) in [6.45, 7) is 0.489. The van der Waals surface area contributed by atoms with Crippen molar-refractivity contribution in [3.8, 4) is 0 Å². The van der Waals surface area contributed by atoms with E-state index in [4.69, 9.17) is 5.48 Å². The van der Waals surface area contributed by atoms with Crippen LogP contribution in [0.25, 0.3) is 0 Å². The summed E-state index contributed by atoms with van der Waals surface area (Å²) in [5.74, 6) is -0.887. The number of piperidine rings is 1. The lowest BCUT2D eigenvalue weighted by molar-refractivity contribution is -0.123. The zero-order chi connectivity index (χ0) is 14.5. The lowest BCUT2D eigenvalue weighted by Gasteiger charge is -2.33. The second kappa shape index (κ2) is 4.02. The molecule has 2 heterocycles. The number of fused-ring (bicyclic) bond motifs is 2. The lowest BCUT2D eigenvalue weighted by atomic mass is 10.0. The molecule has 2 bridgehead atoms. The van der Waals surface area contributed by atoms with Gasteiger partial charge in [0.2, 0.25) is 0 Å². The van der Waals surface area contributed by atoms with Crippen LogP contribution in [-0.4, -0.2) is 22.8 Å². The van der Waals surface area contributed by atoms with Crippen LogP contribution < -0.4 is 0 Å². The summed E-state index contributed by atoms with van der Waals surface area (Å²) in [6, 6.07) is 8.61. The van der Waals surface area contributed by atoms with E-state index >= 15 is 0 Å². The first kappa shape index (κ1) is 6.55. The van der Waals surface area contributed by atoms with Gasteiger partial charge in [-0.3, -0.25) is 9.69 Å². The van der Waals surface area contributed by atoms with Crippen LogP contribution in [0.1, 0.15) is 36.6 Å². The Balaban J connectivity index is 1.95. The first-order valence-electron chi connectivity index (χ1n) is 7.69. The lowest BCUT2D eigenvalue weighted by Crippen LogP contribution is -2.42. The van der Waals surface area contributed by atoms with E-state index in [1.807, 2.05) is 35.2 Å². The number of rotatable bonds is 2. The normalized spacial score (nSPS) is 39.6. The van der Waals surface area contributed by atoms with Crippen LogP contribution in [0.3, 0.4) is 0 Å². The third-order valence-corrected chi connectivity index (χ3v) is 3.32. The molecule has 2 saturated heterocycles.